The van der Waals surface area contributed by atoms with Crippen molar-refractivity contribution >= 4 is 35.2 Å². The highest BCUT2D eigenvalue weighted by Gasteiger charge is 2.34. The zero-order valence-electron chi connectivity index (χ0n) is 22.7. The molecule has 2 aromatic rings. The fraction of sp³-hybridized carbons (Fsp3) is 0.464. The van der Waals surface area contributed by atoms with Crippen molar-refractivity contribution in [1.29, 1.82) is 0 Å². The SMILES string of the molecule is Cc1cnc(N2CCN(C(=O)c3c(C(N)=O)cc(N4CCCC4=O)cc3C(=O)OC(C)(C)C)CC2)c(C)c1. The van der Waals surface area contributed by atoms with Crippen LogP contribution in [0.15, 0.2) is 24.4 Å². The number of piperazine rings is 1. The Labute approximate surface area is 222 Å². The first kappa shape index (κ1) is 27.1. The van der Waals surface area contributed by atoms with E-state index in [1.54, 1.807) is 25.7 Å². The number of carbonyl (C=O) groups is 4. The van der Waals surface area contributed by atoms with Gasteiger partial charge in [-0.05, 0) is 64.3 Å². The molecular weight excluding hydrogens is 486 g/mol. The number of carbonyl (C=O) groups excluding carboxylic acids is 4. The van der Waals surface area contributed by atoms with Crippen molar-refractivity contribution in [1.82, 2.24) is 9.88 Å². The molecule has 1 aromatic heterocycles. The molecule has 0 atom stereocenters. The van der Waals surface area contributed by atoms with E-state index in [9.17, 15) is 19.2 Å². The molecule has 0 radical (unpaired) electrons. The number of amides is 3. The Balaban J connectivity index is 1.69. The molecule has 1 aromatic carbocycles. The van der Waals surface area contributed by atoms with Gasteiger partial charge in [0.15, 0.2) is 0 Å². The molecule has 2 aliphatic rings. The lowest BCUT2D eigenvalue weighted by atomic mass is 9.96. The molecule has 3 amide bonds. The van der Waals surface area contributed by atoms with Gasteiger partial charge in [0.05, 0.1) is 16.7 Å². The normalized spacial score (nSPS) is 16.1. The quantitative estimate of drug-likeness (QED) is 0.600. The van der Waals surface area contributed by atoms with Crippen LogP contribution in [0, 0.1) is 13.8 Å². The summed E-state index contributed by atoms with van der Waals surface area (Å²) >= 11 is 0. The van der Waals surface area contributed by atoms with E-state index in [0.717, 1.165) is 16.9 Å². The summed E-state index contributed by atoms with van der Waals surface area (Å²) < 4.78 is 5.60. The summed E-state index contributed by atoms with van der Waals surface area (Å²) in [5.74, 6) is -1.34. The van der Waals surface area contributed by atoms with Gasteiger partial charge in [0, 0.05) is 51.0 Å². The Morgan fingerprint density at radius 3 is 2.18 bits per heavy atom. The van der Waals surface area contributed by atoms with Crippen LogP contribution in [0.2, 0.25) is 0 Å². The third kappa shape index (κ3) is 5.64. The highest BCUT2D eigenvalue weighted by molar-refractivity contribution is 6.14. The van der Waals surface area contributed by atoms with Gasteiger partial charge < -0.3 is 25.2 Å². The van der Waals surface area contributed by atoms with Gasteiger partial charge in [0.1, 0.15) is 11.4 Å². The van der Waals surface area contributed by atoms with Crippen LogP contribution in [0.1, 0.15) is 75.8 Å². The third-order valence-corrected chi connectivity index (χ3v) is 6.66. The van der Waals surface area contributed by atoms with E-state index in [-0.39, 0.29) is 22.6 Å². The number of ether oxygens (including phenoxy) is 1. The zero-order chi connectivity index (χ0) is 27.8. The Hall–Kier alpha value is -3.95. The first-order valence-corrected chi connectivity index (χ1v) is 12.8. The van der Waals surface area contributed by atoms with Crippen LogP contribution in [0.5, 0.6) is 0 Å². The fourth-order valence-corrected chi connectivity index (χ4v) is 4.94. The summed E-state index contributed by atoms with van der Waals surface area (Å²) in [7, 11) is 0. The van der Waals surface area contributed by atoms with E-state index in [1.807, 2.05) is 20.0 Å². The molecule has 0 spiro atoms. The zero-order valence-corrected chi connectivity index (χ0v) is 22.7. The number of aryl methyl sites for hydroxylation is 2. The molecule has 0 aliphatic carbocycles. The number of nitrogens with two attached hydrogens (primary N) is 1. The van der Waals surface area contributed by atoms with Crippen LogP contribution in [0.3, 0.4) is 0 Å². The van der Waals surface area contributed by atoms with E-state index in [1.165, 1.54) is 17.0 Å². The number of hydrogen-bond acceptors (Lipinski definition) is 7. The number of primary amides is 1. The smallest absolute Gasteiger partial charge is 0.339 e. The van der Waals surface area contributed by atoms with Crippen LogP contribution < -0.4 is 15.5 Å². The monoisotopic (exact) mass is 521 g/mol. The second kappa shape index (κ2) is 10.4. The largest absolute Gasteiger partial charge is 0.456 e. The molecule has 10 heteroatoms. The highest BCUT2D eigenvalue weighted by atomic mass is 16.6. The number of anilines is 2. The summed E-state index contributed by atoms with van der Waals surface area (Å²) in [6, 6.07) is 4.97. The number of aromatic nitrogens is 1. The van der Waals surface area contributed by atoms with Gasteiger partial charge in [-0.1, -0.05) is 6.07 Å². The minimum atomic E-state index is -0.857. The molecular formula is C28H35N5O5. The van der Waals surface area contributed by atoms with Gasteiger partial charge in [-0.2, -0.15) is 0 Å². The van der Waals surface area contributed by atoms with Gasteiger partial charge in [-0.15, -0.1) is 0 Å². The maximum Gasteiger partial charge on any atom is 0.339 e. The van der Waals surface area contributed by atoms with E-state index < -0.39 is 23.4 Å². The molecule has 0 saturated carbocycles. The number of hydrogen-bond donors (Lipinski definition) is 1. The van der Waals surface area contributed by atoms with Gasteiger partial charge in [-0.3, -0.25) is 14.4 Å². The summed E-state index contributed by atoms with van der Waals surface area (Å²) in [5, 5.41) is 0. The first-order valence-electron chi connectivity index (χ1n) is 12.8. The fourth-order valence-electron chi connectivity index (χ4n) is 4.94. The maximum atomic E-state index is 13.9. The predicted octanol–water partition coefficient (Wildman–Crippen LogP) is 2.84. The molecule has 10 nitrogen and oxygen atoms in total. The Bertz CT molecular complexity index is 1290. The molecule has 2 fully saturated rings. The second-order valence-electron chi connectivity index (χ2n) is 10.9. The van der Waals surface area contributed by atoms with Crippen molar-refractivity contribution in [3.63, 3.8) is 0 Å². The van der Waals surface area contributed by atoms with Crippen LogP contribution in [-0.2, 0) is 9.53 Å². The van der Waals surface area contributed by atoms with Gasteiger partial charge in [-0.25, -0.2) is 9.78 Å². The maximum absolute atomic E-state index is 13.9. The average Bonchev–Trinajstić information content (AvgIpc) is 3.27. The molecule has 2 saturated heterocycles. The molecule has 38 heavy (non-hydrogen) atoms. The molecule has 0 unspecified atom stereocenters. The van der Waals surface area contributed by atoms with Gasteiger partial charge in [0.25, 0.3) is 5.91 Å². The lowest BCUT2D eigenvalue weighted by Gasteiger charge is -2.36. The van der Waals surface area contributed by atoms with Crippen molar-refractivity contribution in [3.05, 3.63) is 52.2 Å². The van der Waals surface area contributed by atoms with E-state index in [4.69, 9.17) is 10.5 Å². The van der Waals surface area contributed by atoms with Crippen molar-refractivity contribution in [2.24, 2.45) is 5.73 Å². The van der Waals surface area contributed by atoms with Crippen LogP contribution >= 0.6 is 0 Å². The molecule has 202 valence electrons. The Kier molecular flexibility index (Phi) is 7.44. The summed E-state index contributed by atoms with van der Waals surface area (Å²) in [4.78, 5) is 62.0. The highest BCUT2D eigenvalue weighted by Crippen LogP contribution is 2.30. The predicted molar refractivity (Wildman–Crippen MR) is 144 cm³/mol. The number of benzene rings is 1. The van der Waals surface area contributed by atoms with E-state index in [0.29, 0.717) is 51.3 Å². The minimum Gasteiger partial charge on any atom is -0.456 e. The summed E-state index contributed by atoms with van der Waals surface area (Å²) in [5.41, 5.74) is 7.09. The molecule has 4 rings (SSSR count). The lowest BCUT2D eigenvalue weighted by molar-refractivity contribution is -0.117. The average molecular weight is 522 g/mol. The van der Waals surface area contributed by atoms with Gasteiger partial charge in [0.2, 0.25) is 11.8 Å². The van der Waals surface area contributed by atoms with Crippen molar-refractivity contribution in [2.45, 2.75) is 53.1 Å². The van der Waals surface area contributed by atoms with Crippen LogP contribution in [-0.4, -0.2) is 71.9 Å². The summed E-state index contributed by atoms with van der Waals surface area (Å²) in [6.45, 7) is 11.4. The summed E-state index contributed by atoms with van der Waals surface area (Å²) in [6.07, 6.45) is 2.85. The van der Waals surface area contributed by atoms with Crippen molar-refractivity contribution in [3.8, 4) is 0 Å². The molecule has 3 heterocycles. The minimum absolute atomic E-state index is 0.0746. The third-order valence-electron chi connectivity index (χ3n) is 6.66. The number of esters is 1. The number of nitrogens with zero attached hydrogens (tertiary/aromatic N) is 4. The van der Waals surface area contributed by atoms with Crippen molar-refractivity contribution < 1.29 is 23.9 Å². The van der Waals surface area contributed by atoms with E-state index >= 15 is 0 Å². The second-order valence-corrected chi connectivity index (χ2v) is 10.9. The van der Waals surface area contributed by atoms with Crippen molar-refractivity contribution in [2.75, 3.05) is 42.5 Å². The standard InChI is InChI=1S/C28H35N5O5/c1-17-13-18(2)25(30-16-17)31-9-11-32(12-10-31)26(36)23-20(24(29)35)14-19(33-8-6-7-22(33)34)15-21(23)27(37)38-28(3,4)5/h13-16H,6-12H2,1-5H3,(H2,29,35). The lowest BCUT2D eigenvalue weighted by Crippen LogP contribution is -2.49. The molecule has 0 bridgehead atoms. The van der Waals surface area contributed by atoms with Crippen LogP contribution in [0.25, 0.3) is 0 Å². The molecule has 2 N–H and O–H groups in total. The number of pyridine rings is 1. The Morgan fingerprint density at radius 2 is 1.63 bits per heavy atom. The first-order chi connectivity index (χ1) is 17.9. The molecule has 2 aliphatic heterocycles. The van der Waals surface area contributed by atoms with Gasteiger partial charge >= 0.3 is 5.97 Å². The number of rotatable bonds is 5. The topological polar surface area (TPSA) is 126 Å². The van der Waals surface area contributed by atoms with Crippen LogP contribution in [0.4, 0.5) is 11.5 Å². The Morgan fingerprint density at radius 1 is 0.974 bits per heavy atom. The van der Waals surface area contributed by atoms with E-state index in [2.05, 4.69) is 16.0 Å².